The number of hydrogen-bond donors (Lipinski definition) is 1. The molecule has 19 heavy (non-hydrogen) atoms. The number of rotatable bonds is 1. The lowest BCUT2D eigenvalue weighted by molar-refractivity contribution is -0.137. The second-order valence-electron chi connectivity index (χ2n) is 5.52. The first kappa shape index (κ1) is 13.4. The van der Waals surface area contributed by atoms with Crippen LogP contribution < -0.4 is 0 Å². The molecule has 0 radical (unpaired) electrons. The summed E-state index contributed by atoms with van der Waals surface area (Å²) in [5, 5.41) is 10.7. The maximum absolute atomic E-state index is 12.8. The molecule has 2 aliphatic rings. The molecule has 0 aliphatic heterocycles. The highest BCUT2D eigenvalue weighted by molar-refractivity contribution is 9.10. The first-order valence-corrected chi connectivity index (χ1v) is 7.24. The number of aliphatic hydroxyl groups is 1. The molecule has 0 amide bonds. The zero-order valence-electron chi connectivity index (χ0n) is 10.2. The summed E-state index contributed by atoms with van der Waals surface area (Å²) in [5.74, 6) is 0.252. The zero-order valence-corrected chi connectivity index (χ0v) is 11.8. The number of halogens is 4. The van der Waals surface area contributed by atoms with Gasteiger partial charge in [0.25, 0.3) is 0 Å². The molecule has 0 heterocycles. The third-order valence-electron chi connectivity index (χ3n) is 4.51. The lowest BCUT2D eigenvalue weighted by Gasteiger charge is -2.16. The molecule has 2 fully saturated rings. The standard InChI is InChI=1S/C14H14BrF3O/c15-12-6-5-8(14(16,17)18)7-11(12)13(19)9-3-1-2-4-10(9)13/h5-7,9-10,19H,1-4H2. The minimum absolute atomic E-state index is 0.126. The molecule has 2 unspecified atom stereocenters. The van der Waals surface area contributed by atoms with Crippen molar-refractivity contribution in [1.82, 2.24) is 0 Å². The second-order valence-corrected chi connectivity index (χ2v) is 6.37. The van der Waals surface area contributed by atoms with E-state index in [2.05, 4.69) is 15.9 Å². The molecule has 0 spiro atoms. The van der Waals surface area contributed by atoms with Gasteiger partial charge in [0.05, 0.1) is 11.2 Å². The maximum atomic E-state index is 12.8. The van der Waals surface area contributed by atoms with Crippen molar-refractivity contribution in [2.75, 3.05) is 0 Å². The van der Waals surface area contributed by atoms with Crippen LogP contribution in [-0.2, 0) is 11.8 Å². The van der Waals surface area contributed by atoms with Gasteiger partial charge in [-0.1, -0.05) is 28.8 Å². The fraction of sp³-hybridized carbons (Fsp3) is 0.571. The van der Waals surface area contributed by atoms with E-state index < -0.39 is 17.3 Å². The van der Waals surface area contributed by atoms with Crippen LogP contribution in [0.4, 0.5) is 13.2 Å². The van der Waals surface area contributed by atoms with Gasteiger partial charge in [-0.3, -0.25) is 0 Å². The van der Waals surface area contributed by atoms with Crippen LogP contribution in [-0.4, -0.2) is 5.11 Å². The van der Waals surface area contributed by atoms with Crippen molar-refractivity contribution in [2.24, 2.45) is 11.8 Å². The maximum Gasteiger partial charge on any atom is 0.416 e. The third-order valence-corrected chi connectivity index (χ3v) is 5.20. The van der Waals surface area contributed by atoms with Crippen LogP contribution in [0.25, 0.3) is 0 Å². The third kappa shape index (κ3) is 2.02. The van der Waals surface area contributed by atoms with Crippen molar-refractivity contribution < 1.29 is 18.3 Å². The molecule has 2 atom stereocenters. The molecule has 0 saturated heterocycles. The summed E-state index contributed by atoms with van der Waals surface area (Å²) in [6.45, 7) is 0. The minimum Gasteiger partial charge on any atom is -0.385 e. The van der Waals surface area contributed by atoms with Crippen LogP contribution in [0.15, 0.2) is 22.7 Å². The van der Waals surface area contributed by atoms with Crippen molar-refractivity contribution in [3.05, 3.63) is 33.8 Å². The Balaban J connectivity index is 2.01. The fourth-order valence-electron chi connectivity index (χ4n) is 3.50. The molecular formula is C14H14BrF3O. The summed E-state index contributed by atoms with van der Waals surface area (Å²) in [4.78, 5) is 0. The molecule has 0 bridgehead atoms. The van der Waals surface area contributed by atoms with Crippen molar-refractivity contribution in [3.8, 4) is 0 Å². The first-order valence-electron chi connectivity index (χ1n) is 6.44. The highest BCUT2D eigenvalue weighted by Crippen LogP contribution is 2.65. The van der Waals surface area contributed by atoms with E-state index in [1.165, 1.54) is 6.07 Å². The molecule has 1 N–H and O–H groups in total. The van der Waals surface area contributed by atoms with E-state index in [9.17, 15) is 18.3 Å². The van der Waals surface area contributed by atoms with Crippen LogP contribution >= 0.6 is 15.9 Å². The zero-order chi connectivity index (χ0) is 13.8. The molecule has 0 aromatic heterocycles. The van der Waals surface area contributed by atoms with E-state index in [0.29, 0.717) is 10.0 Å². The molecule has 1 aromatic rings. The smallest absolute Gasteiger partial charge is 0.385 e. The Morgan fingerprint density at radius 3 is 2.26 bits per heavy atom. The fourth-order valence-corrected chi connectivity index (χ4v) is 4.06. The quantitative estimate of drug-likeness (QED) is 0.803. The van der Waals surface area contributed by atoms with Gasteiger partial charge in [0.2, 0.25) is 0 Å². The predicted octanol–water partition coefficient (Wildman–Crippen LogP) is 4.48. The van der Waals surface area contributed by atoms with Gasteiger partial charge in [-0.25, -0.2) is 0 Å². The van der Waals surface area contributed by atoms with Gasteiger partial charge in [-0.05, 0) is 48.4 Å². The van der Waals surface area contributed by atoms with Gasteiger partial charge in [-0.2, -0.15) is 13.2 Å². The summed E-state index contributed by atoms with van der Waals surface area (Å²) >= 11 is 3.28. The van der Waals surface area contributed by atoms with Crippen LogP contribution in [0.2, 0.25) is 0 Å². The Hall–Kier alpha value is -0.550. The van der Waals surface area contributed by atoms with Gasteiger partial charge in [0, 0.05) is 4.47 Å². The van der Waals surface area contributed by atoms with Crippen molar-refractivity contribution >= 4 is 15.9 Å². The highest BCUT2D eigenvalue weighted by atomic mass is 79.9. The Labute approximate surface area is 117 Å². The van der Waals surface area contributed by atoms with E-state index in [1.807, 2.05) is 0 Å². The highest BCUT2D eigenvalue weighted by Gasteiger charge is 2.65. The second kappa shape index (κ2) is 4.22. The van der Waals surface area contributed by atoms with Crippen LogP contribution in [0, 0.1) is 11.8 Å². The van der Waals surface area contributed by atoms with Gasteiger partial charge in [0.15, 0.2) is 0 Å². The van der Waals surface area contributed by atoms with Gasteiger partial charge >= 0.3 is 6.18 Å². The molecule has 104 valence electrons. The largest absolute Gasteiger partial charge is 0.416 e. The lowest BCUT2D eigenvalue weighted by atomic mass is 10.0. The van der Waals surface area contributed by atoms with E-state index in [4.69, 9.17) is 0 Å². The summed E-state index contributed by atoms with van der Waals surface area (Å²) in [6.07, 6.45) is -0.445. The summed E-state index contributed by atoms with van der Waals surface area (Å²) in [7, 11) is 0. The van der Waals surface area contributed by atoms with E-state index in [-0.39, 0.29) is 11.8 Å². The van der Waals surface area contributed by atoms with Crippen molar-refractivity contribution in [1.29, 1.82) is 0 Å². The van der Waals surface area contributed by atoms with Crippen LogP contribution in [0.3, 0.4) is 0 Å². The molecule has 1 nitrogen and oxygen atoms in total. The van der Waals surface area contributed by atoms with Crippen LogP contribution in [0.1, 0.15) is 36.8 Å². The number of fused-ring (bicyclic) bond motifs is 1. The lowest BCUT2D eigenvalue weighted by Crippen LogP contribution is -2.14. The summed E-state index contributed by atoms with van der Waals surface area (Å²) < 4.78 is 38.9. The molecular weight excluding hydrogens is 321 g/mol. The Kier molecular flexibility index (Phi) is 2.98. The average Bonchev–Trinajstić information content (AvgIpc) is 2.96. The van der Waals surface area contributed by atoms with Crippen molar-refractivity contribution in [3.63, 3.8) is 0 Å². The van der Waals surface area contributed by atoms with Crippen LogP contribution in [0.5, 0.6) is 0 Å². The van der Waals surface area contributed by atoms with Crippen molar-refractivity contribution in [2.45, 2.75) is 37.5 Å². The Morgan fingerprint density at radius 2 is 1.74 bits per heavy atom. The van der Waals surface area contributed by atoms with E-state index >= 15 is 0 Å². The molecule has 1 aromatic carbocycles. The number of alkyl halides is 3. The predicted molar refractivity (Wildman–Crippen MR) is 68.5 cm³/mol. The monoisotopic (exact) mass is 334 g/mol. The topological polar surface area (TPSA) is 20.2 Å². The SMILES string of the molecule is OC1(c2cc(C(F)(F)F)ccc2Br)C2CCCCC21. The normalized spacial score (nSPS) is 33.9. The first-order chi connectivity index (χ1) is 8.85. The number of hydrogen-bond acceptors (Lipinski definition) is 1. The molecule has 2 aliphatic carbocycles. The van der Waals surface area contributed by atoms with Gasteiger partial charge in [-0.15, -0.1) is 0 Å². The van der Waals surface area contributed by atoms with E-state index in [0.717, 1.165) is 37.8 Å². The molecule has 5 heteroatoms. The summed E-state index contributed by atoms with van der Waals surface area (Å²) in [5.41, 5.74) is -1.35. The Morgan fingerprint density at radius 1 is 1.16 bits per heavy atom. The minimum atomic E-state index is -4.37. The van der Waals surface area contributed by atoms with E-state index in [1.54, 1.807) is 0 Å². The van der Waals surface area contributed by atoms with Gasteiger partial charge in [0.1, 0.15) is 0 Å². The molecule has 3 rings (SSSR count). The number of benzene rings is 1. The molecule has 2 saturated carbocycles. The van der Waals surface area contributed by atoms with Gasteiger partial charge < -0.3 is 5.11 Å². The Bertz CT molecular complexity index is 500. The average molecular weight is 335 g/mol. The summed E-state index contributed by atoms with van der Waals surface area (Å²) in [6, 6.07) is 3.53.